The van der Waals surface area contributed by atoms with Gasteiger partial charge in [-0.1, -0.05) is 18.2 Å². The van der Waals surface area contributed by atoms with Crippen molar-refractivity contribution in [3.8, 4) is 0 Å². The van der Waals surface area contributed by atoms with E-state index in [-0.39, 0.29) is 0 Å². The van der Waals surface area contributed by atoms with E-state index in [0.29, 0.717) is 0 Å². The summed E-state index contributed by atoms with van der Waals surface area (Å²) in [5.74, 6) is 1.11. The van der Waals surface area contributed by atoms with Gasteiger partial charge in [-0.2, -0.15) is 0 Å². The molecule has 0 unspecified atom stereocenters. The highest BCUT2D eigenvalue weighted by molar-refractivity contribution is 5.88. The number of nitrogens with one attached hydrogen (secondary N) is 2. The van der Waals surface area contributed by atoms with Gasteiger partial charge in [0.05, 0.1) is 0 Å². The Hall–Kier alpha value is -1.44. The Morgan fingerprint density at radius 1 is 1.25 bits per heavy atom. The fourth-order valence-corrected chi connectivity index (χ4v) is 1.53. The topological polar surface area (TPSA) is 27.8 Å². The second-order valence-corrected chi connectivity index (χ2v) is 2.92. The first kappa shape index (κ1) is 7.22. The number of rotatable bonds is 1. The van der Waals surface area contributed by atoms with E-state index < -0.39 is 0 Å². The van der Waals surface area contributed by atoms with Crippen molar-refractivity contribution in [3.63, 3.8) is 0 Å². The lowest BCUT2D eigenvalue weighted by Crippen LogP contribution is -1.88. The first-order valence-corrected chi connectivity index (χ1v) is 4.08. The summed E-state index contributed by atoms with van der Waals surface area (Å²) in [5.41, 5.74) is 2.48. The number of aromatic amines is 1. The van der Waals surface area contributed by atoms with E-state index in [9.17, 15) is 0 Å². The van der Waals surface area contributed by atoms with Gasteiger partial charge >= 0.3 is 0 Å². The SMILES string of the molecule is CNc1[nH]c2ccccc2c1C. The van der Waals surface area contributed by atoms with Crippen molar-refractivity contribution in [3.05, 3.63) is 29.8 Å². The summed E-state index contributed by atoms with van der Waals surface area (Å²) in [6.07, 6.45) is 0. The van der Waals surface area contributed by atoms with Crippen LogP contribution in [0.1, 0.15) is 5.56 Å². The van der Waals surface area contributed by atoms with Crippen LogP contribution in [-0.2, 0) is 0 Å². The molecular formula is C10H12N2. The molecule has 0 saturated heterocycles. The Kier molecular flexibility index (Phi) is 1.54. The van der Waals surface area contributed by atoms with Gasteiger partial charge in [-0.15, -0.1) is 0 Å². The van der Waals surface area contributed by atoms with E-state index in [0.717, 1.165) is 5.82 Å². The molecule has 0 atom stereocenters. The van der Waals surface area contributed by atoms with E-state index in [1.54, 1.807) is 0 Å². The van der Waals surface area contributed by atoms with Crippen molar-refractivity contribution < 1.29 is 0 Å². The summed E-state index contributed by atoms with van der Waals surface area (Å²) >= 11 is 0. The zero-order valence-corrected chi connectivity index (χ0v) is 7.31. The molecule has 2 rings (SSSR count). The van der Waals surface area contributed by atoms with Crippen LogP contribution in [0.2, 0.25) is 0 Å². The van der Waals surface area contributed by atoms with Crippen molar-refractivity contribution in [2.75, 3.05) is 12.4 Å². The maximum atomic E-state index is 3.30. The molecule has 1 aromatic heterocycles. The Balaban J connectivity index is 2.78. The van der Waals surface area contributed by atoms with E-state index in [1.807, 2.05) is 13.1 Å². The minimum atomic E-state index is 1.11. The van der Waals surface area contributed by atoms with Crippen LogP contribution in [0, 0.1) is 6.92 Å². The number of hydrogen-bond donors (Lipinski definition) is 2. The van der Waals surface area contributed by atoms with E-state index in [4.69, 9.17) is 0 Å². The lowest BCUT2D eigenvalue weighted by Gasteiger charge is -1.94. The van der Waals surface area contributed by atoms with Crippen molar-refractivity contribution in [1.29, 1.82) is 0 Å². The van der Waals surface area contributed by atoms with Crippen LogP contribution in [0.3, 0.4) is 0 Å². The molecule has 0 fully saturated rings. The second-order valence-electron chi connectivity index (χ2n) is 2.92. The number of anilines is 1. The monoisotopic (exact) mass is 160 g/mol. The average molecular weight is 160 g/mol. The molecule has 2 N–H and O–H groups in total. The van der Waals surface area contributed by atoms with Gasteiger partial charge in [0, 0.05) is 18.0 Å². The third-order valence-electron chi connectivity index (χ3n) is 2.22. The molecule has 1 aromatic carbocycles. The van der Waals surface area contributed by atoms with Gasteiger partial charge in [-0.05, 0) is 18.6 Å². The van der Waals surface area contributed by atoms with E-state index in [2.05, 4.69) is 35.4 Å². The molecule has 0 aliphatic rings. The number of H-pyrrole nitrogens is 1. The van der Waals surface area contributed by atoms with Crippen molar-refractivity contribution in [2.24, 2.45) is 0 Å². The Morgan fingerprint density at radius 2 is 2.00 bits per heavy atom. The highest BCUT2D eigenvalue weighted by atomic mass is 15.0. The molecular weight excluding hydrogens is 148 g/mol. The smallest absolute Gasteiger partial charge is 0.107 e. The fourth-order valence-electron chi connectivity index (χ4n) is 1.53. The van der Waals surface area contributed by atoms with Gasteiger partial charge in [0.2, 0.25) is 0 Å². The van der Waals surface area contributed by atoms with Crippen LogP contribution >= 0.6 is 0 Å². The lowest BCUT2D eigenvalue weighted by atomic mass is 10.2. The van der Waals surface area contributed by atoms with Gasteiger partial charge in [0.25, 0.3) is 0 Å². The average Bonchev–Trinajstić information content (AvgIpc) is 2.44. The molecule has 0 aliphatic heterocycles. The molecule has 0 spiro atoms. The number of para-hydroxylation sites is 1. The van der Waals surface area contributed by atoms with Gasteiger partial charge in [-0.25, -0.2) is 0 Å². The molecule has 0 bridgehead atoms. The molecule has 12 heavy (non-hydrogen) atoms. The van der Waals surface area contributed by atoms with E-state index in [1.165, 1.54) is 16.5 Å². The number of hydrogen-bond acceptors (Lipinski definition) is 1. The summed E-state index contributed by atoms with van der Waals surface area (Å²) in [6.45, 7) is 2.12. The highest BCUT2D eigenvalue weighted by Gasteiger charge is 2.03. The summed E-state index contributed by atoms with van der Waals surface area (Å²) in [4.78, 5) is 3.30. The van der Waals surface area contributed by atoms with Crippen LogP contribution in [-0.4, -0.2) is 12.0 Å². The normalized spacial score (nSPS) is 10.5. The standard InChI is InChI=1S/C10H12N2/c1-7-8-5-3-4-6-9(8)12-10(7)11-2/h3-6,11-12H,1-2H3. The molecule has 1 heterocycles. The largest absolute Gasteiger partial charge is 0.374 e. The van der Waals surface area contributed by atoms with Crippen LogP contribution in [0.25, 0.3) is 10.9 Å². The quantitative estimate of drug-likeness (QED) is 0.659. The molecule has 0 aliphatic carbocycles. The summed E-state index contributed by atoms with van der Waals surface area (Å²) in [7, 11) is 1.93. The van der Waals surface area contributed by atoms with Crippen LogP contribution in [0.4, 0.5) is 5.82 Å². The predicted molar refractivity (Wildman–Crippen MR) is 52.6 cm³/mol. The molecule has 0 amide bonds. The summed E-state index contributed by atoms with van der Waals surface area (Å²) in [5, 5.41) is 4.42. The Bertz CT molecular complexity index is 401. The number of aromatic nitrogens is 1. The molecule has 2 heteroatoms. The maximum absolute atomic E-state index is 3.30. The number of fused-ring (bicyclic) bond motifs is 1. The van der Waals surface area contributed by atoms with Crippen molar-refractivity contribution in [1.82, 2.24) is 4.98 Å². The third kappa shape index (κ3) is 0.881. The van der Waals surface area contributed by atoms with Gasteiger partial charge in [0.15, 0.2) is 0 Å². The van der Waals surface area contributed by atoms with Gasteiger partial charge in [0.1, 0.15) is 5.82 Å². The molecule has 2 nitrogen and oxygen atoms in total. The van der Waals surface area contributed by atoms with Crippen LogP contribution in [0.15, 0.2) is 24.3 Å². The summed E-state index contributed by atoms with van der Waals surface area (Å²) < 4.78 is 0. The van der Waals surface area contributed by atoms with Crippen molar-refractivity contribution in [2.45, 2.75) is 6.92 Å². The minimum absolute atomic E-state index is 1.11. The maximum Gasteiger partial charge on any atom is 0.107 e. The van der Waals surface area contributed by atoms with Crippen molar-refractivity contribution >= 4 is 16.7 Å². The predicted octanol–water partition coefficient (Wildman–Crippen LogP) is 2.52. The van der Waals surface area contributed by atoms with Crippen LogP contribution in [0.5, 0.6) is 0 Å². The number of aryl methyl sites for hydroxylation is 1. The molecule has 0 radical (unpaired) electrons. The van der Waals surface area contributed by atoms with Crippen LogP contribution < -0.4 is 5.32 Å². The fraction of sp³-hybridized carbons (Fsp3) is 0.200. The molecule has 62 valence electrons. The van der Waals surface area contributed by atoms with Gasteiger partial charge in [-0.3, -0.25) is 0 Å². The minimum Gasteiger partial charge on any atom is -0.374 e. The van der Waals surface area contributed by atoms with E-state index >= 15 is 0 Å². The first-order valence-electron chi connectivity index (χ1n) is 4.08. The third-order valence-corrected chi connectivity index (χ3v) is 2.22. The van der Waals surface area contributed by atoms with Gasteiger partial charge < -0.3 is 10.3 Å². The molecule has 0 saturated carbocycles. The zero-order chi connectivity index (χ0) is 8.55. The lowest BCUT2D eigenvalue weighted by molar-refractivity contribution is 1.35. The number of benzene rings is 1. The second kappa shape index (κ2) is 2.55. The Morgan fingerprint density at radius 3 is 2.67 bits per heavy atom. The Labute approximate surface area is 71.6 Å². The summed E-state index contributed by atoms with van der Waals surface area (Å²) in [6, 6.07) is 8.31. The first-order chi connectivity index (χ1) is 5.83. The highest BCUT2D eigenvalue weighted by Crippen LogP contribution is 2.24. The zero-order valence-electron chi connectivity index (χ0n) is 7.31. The molecule has 2 aromatic rings.